The SMILES string of the molecule is COC(OC)C(=O)C1CCCCC(Cc2cccc(F)c2)C1O. The van der Waals surface area contributed by atoms with E-state index in [1.807, 2.05) is 6.07 Å². The van der Waals surface area contributed by atoms with Crippen LogP contribution >= 0.6 is 0 Å². The number of ether oxygens (including phenoxy) is 2. The smallest absolute Gasteiger partial charge is 0.217 e. The fourth-order valence-corrected chi connectivity index (χ4v) is 3.44. The zero-order chi connectivity index (χ0) is 16.8. The van der Waals surface area contributed by atoms with E-state index in [-0.39, 0.29) is 17.5 Å². The fourth-order valence-electron chi connectivity index (χ4n) is 3.44. The van der Waals surface area contributed by atoms with Crippen LogP contribution in [0.5, 0.6) is 0 Å². The Morgan fingerprint density at radius 1 is 1.30 bits per heavy atom. The van der Waals surface area contributed by atoms with Gasteiger partial charge in [0.1, 0.15) is 5.82 Å². The van der Waals surface area contributed by atoms with Crippen molar-refractivity contribution in [1.29, 1.82) is 0 Å². The predicted molar refractivity (Wildman–Crippen MR) is 84.4 cm³/mol. The first-order valence-corrected chi connectivity index (χ1v) is 8.08. The molecule has 0 saturated heterocycles. The Kier molecular flexibility index (Phi) is 6.69. The average molecular weight is 324 g/mol. The third kappa shape index (κ3) is 4.59. The summed E-state index contributed by atoms with van der Waals surface area (Å²) in [5.74, 6) is -1.06. The van der Waals surface area contributed by atoms with Crippen LogP contribution in [-0.4, -0.2) is 37.5 Å². The monoisotopic (exact) mass is 324 g/mol. The lowest BCUT2D eigenvalue weighted by atomic mass is 9.83. The first-order chi connectivity index (χ1) is 11.1. The minimum absolute atomic E-state index is 0.0670. The molecule has 1 aliphatic rings. The Morgan fingerprint density at radius 2 is 2.00 bits per heavy atom. The van der Waals surface area contributed by atoms with Crippen molar-refractivity contribution in [3.05, 3.63) is 35.6 Å². The molecule has 0 aliphatic heterocycles. The summed E-state index contributed by atoms with van der Waals surface area (Å²) < 4.78 is 23.4. The number of rotatable bonds is 6. The Morgan fingerprint density at radius 3 is 2.65 bits per heavy atom. The van der Waals surface area contributed by atoms with Gasteiger partial charge in [0, 0.05) is 20.1 Å². The van der Waals surface area contributed by atoms with Crippen LogP contribution in [0.25, 0.3) is 0 Å². The molecule has 1 aromatic rings. The van der Waals surface area contributed by atoms with Gasteiger partial charge < -0.3 is 14.6 Å². The van der Waals surface area contributed by atoms with Gasteiger partial charge in [0.05, 0.1) is 6.10 Å². The topological polar surface area (TPSA) is 55.8 Å². The second kappa shape index (κ2) is 8.52. The molecule has 1 N–H and O–H groups in total. The maximum atomic E-state index is 13.4. The third-order valence-corrected chi connectivity index (χ3v) is 4.65. The molecule has 23 heavy (non-hydrogen) atoms. The number of Topliss-reactive ketones (excluding diaryl/α,β-unsaturated/α-hetero) is 1. The minimum Gasteiger partial charge on any atom is -0.392 e. The highest BCUT2D eigenvalue weighted by Crippen LogP contribution is 2.32. The van der Waals surface area contributed by atoms with Gasteiger partial charge in [0.15, 0.2) is 5.78 Å². The molecule has 0 bridgehead atoms. The van der Waals surface area contributed by atoms with E-state index in [2.05, 4.69) is 0 Å². The van der Waals surface area contributed by atoms with Gasteiger partial charge in [0.25, 0.3) is 0 Å². The zero-order valence-corrected chi connectivity index (χ0v) is 13.7. The maximum Gasteiger partial charge on any atom is 0.217 e. The summed E-state index contributed by atoms with van der Waals surface area (Å²) in [7, 11) is 2.83. The lowest BCUT2D eigenvalue weighted by Crippen LogP contribution is -2.40. The normalized spacial score (nSPS) is 25.3. The van der Waals surface area contributed by atoms with Gasteiger partial charge in [-0.2, -0.15) is 0 Å². The number of ketones is 1. The minimum atomic E-state index is -0.942. The van der Waals surface area contributed by atoms with E-state index >= 15 is 0 Å². The third-order valence-electron chi connectivity index (χ3n) is 4.65. The summed E-state index contributed by atoms with van der Waals surface area (Å²) in [6, 6.07) is 6.41. The van der Waals surface area contributed by atoms with Crippen LogP contribution in [0.1, 0.15) is 31.2 Å². The van der Waals surface area contributed by atoms with Crippen molar-refractivity contribution < 1.29 is 23.8 Å². The molecule has 0 heterocycles. The number of aliphatic hydroxyl groups excluding tert-OH is 1. The van der Waals surface area contributed by atoms with Crippen molar-refractivity contribution in [2.45, 2.75) is 44.5 Å². The highest BCUT2D eigenvalue weighted by molar-refractivity contribution is 5.84. The molecule has 2 rings (SSSR count). The van der Waals surface area contributed by atoms with E-state index in [1.165, 1.54) is 26.4 Å². The Balaban J connectivity index is 2.12. The van der Waals surface area contributed by atoms with Crippen LogP contribution in [0.15, 0.2) is 24.3 Å². The second-order valence-corrected chi connectivity index (χ2v) is 6.18. The summed E-state index contributed by atoms with van der Waals surface area (Å²) in [6.45, 7) is 0. The van der Waals surface area contributed by atoms with Crippen LogP contribution in [0, 0.1) is 17.7 Å². The van der Waals surface area contributed by atoms with E-state index in [4.69, 9.17) is 9.47 Å². The van der Waals surface area contributed by atoms with Crippen molar-refractivity contribution >= 4 is 5.78 Å². The van der Waals surface area contributed by atoms with E-state index in [1.54, 1.807) is 6.07 Å². The first kappa shape index (κ1) is 18.0. The number of aliphatic hydroxyl groups is 1. The maximum absolute atomic E-state index is 13.4. The van der Waals surface area contributed by atoms with Gasteiger partial charge in [0.2, 0.25) is 6.29 Å². The van der Waals surface area contributed by atoms with Crippen LogP contribution < -0.4 is 0 Å². The second-order valence-electron chi connectivity index (χ2n) is 6.18. The highest BCUT2D eigenvalue weighted by atomic mass is 19.1. The lowest BCUT2D eigenvalue weighted by Gasteiger charge is -2.28. The van der Waals surface area contributed by atoms with E-state index < -0.39 is 18.3 Å². The number of methoxy groups -OCH3 is 2. The van der Waals surface area contributed by atoms with Gasteiger partial charge in [-0.25, -0.2) is 4.39 Å². The first-order valence-electron chi connectivity index (χ1n) is 8.08. The van der Waals surface area contributed by atoms with E-state index in [0.717, 1.165) is 24.8 Å². The van der Waals surface area contributed by atoms with Crippen molar-refractivity contribution in [2.75, 3.05) is 14.2 Å². The highest BCUT2D eigenvalue weighted by Gasteiger charge is 2.37. The standard InChI is InChI=1S/C18H25FO4/c1-22-18(23-2)17(21)15-9-4-3-7-13(16(15)20)10-12-6-5-8-14(19)11-12/h5-6,8,11,13,15-16,18,20H,3-4,7,9-10H2,1-2H3. The summed E-state index contributed by atoms with van der Waals surface area (Å²) in [5.41, 5.74) is 0.845. The summed E-state index contributed by atoms with van der Waals surface area (Å²) in [4.78, 5) is 12.5. The predicted octanol–water partition coefficient (Wildman–Crippen LogP) is 2.72. The van der Waals surface area contributed by atoms with Crippen LogP contribution in [0.3, 0.4) is 0 Å². The number of hydrogen-bond acceptors (Lipinski definition) is 4. The number of hydrogen-bond donors (Lipinski definition) is 1. The van der Waals surface area contributed by atoms with Crippen molar-refractivity contribution in [3.8, 4) is 0 Å². The van der Waals surface area contributed by atoms with E-state index in [9.17, 15) is 14.3 Å². The van der Waals surface area contributed by atoms with Gasteiger partial charge in [-0.15, -0.1) is 0 Å². The fraction of sp³-hybridized carbons (Fsp3) is 0.611. The van der Waals surface area contributed by atoms with Crippen LogP contribution in [-0.2, 0) is 20.7 Å². The number of carbonyl (C=O) groups is 1. The Hall–Kier alpha value is -1.30. The molecule has 4 nitrogen and oxygen atoms in total. The molecule has 1 aromatic carbocycles. The van der Waals surface area contributed by atoms with Gasteiger partial charge in [-0.05, 0) is 42.9 Å². The van der Waals surface area contributed by atoms with E-state index in [0.29, 0.717) is 12.8 Å². The molecule has 1 saturated carbocycles. The summed E-state index contributed by atoms with van der Waals surface area (Å²) in [5, 5.41) is 10.7. The Labute approximate surface area is 136 Å². The summed E-state index contributed by atoms with van der Waals surface area (Å²) in [6.07, 6.45) is 2.14. The van der Waals surface area contributed by atoms with Gasteiger partial charge in [-0.3, -0.25) is 4.79 Å². The molecule has 3 atom stereocenters. The van der Waals surface area contributed by atoms with Crippen molar-refractivity contribution in [1.82, 2.24) is 0 Å². The molecule has 3 unspecified atom stereocenters. The molecule has 0 amide bonds. The van der Waals surface area contributed by atoms with Crippen molar-refractivity contribution in [3.63, 3.8) is 0 Å². The molecule has 0 aromatic heterocycles. The van der Waals surface area contributed by atoms with Crippen LogP contribution in [0.2, 0.25) is 0 Å². The molecule has 0 radical (unpaired) electrons. The quantitative estimate of drug-likeness (QED) is 0.646. The molecule has 128 valence electrons. The number of benzene rings is 1. The lowest BCUT2D eigenvalue weighted by molar-refractivity contribution is -0.165. The zero-order valence-electron chi connectivity index (χ0n) is 13.7. The van der Waals surface area contributed by atoms with Crippen LogP contribution in [0.4, 0.5) is 4.39 Å². The molecular weight excluding hydrogens is 299 g/mol. The Bertz CT molecular complexity index is 515. The van der Waals surface area contributed by atoms with Crippen molar-refractivity contribution in [2.24, 2.45) is 11.8 Å². The molecule has 5 heteroatoms. The molecular formula is C18H25FO4. The summed E-state index contributed by atoms with van der Waals surface area (Å²) >= 11 is 0. The molecule has 1 aliphatic carbocycles. The molecule has 0 spiro atoms. The number of carbonyl (C=O) groups excluding carboxylic acids is 1. The molecule has 1 fully saturated rings. The van der Waals surface area contributed by atoms with Gasteiger partial charge in [-0.1, -0.05) is 25.0 Å². The average Bonchev–Trinajstić information content (AvgIpc) is 2.71. The largest absolute Gasteiger partial charge is 0.392 e. The number of halogens is 1. The van der Waals surface area contributed by atoms with Gasteiger partial charge >= 0.3 is 0 Å².